The van der Waals surface area contributed by atoms with E-state index in [1.165, 1.54) is 24.3 Å². The fourth-order valence-electron chi connectivity index (χ4n) is 2.37. The Kier molecular flexibility index (Phi) is 4.09. The summed E-state index contributed by atoms with van der Waals surface area (Å²) in [5.74, 6) is -11.8. The fourth-order valence-corrected chi connectivity index (χ4v) is 2.37. The van der Waals surface area contributed by atoms with E-state index in [0.717, 1.165) is 13.0 Å². The number of benzene rings is 2. The second-order valence-corrected chi connectivity index (χ2v) is 5.07. The molecule has 1 unspecified atom stereocenters. The van der Waals surface area contributed by atoms with Crippen LogP contribution < -0.4 is 0 Å². The Bertz CT molecular complexity index is 719. The van der Waals surface area contributed by atoms with Crippen molar-refractivity contribution in [3.63, 3.8) is 0 Å². The van der Waals surface area contributed by atoms with Crippen LogP contribution >= 0.6 is 0 Å². The zero-order valence-corrected chi connectivity index (χ0v) is 11.6. The molecule has 2 rings (SSSR count). The molecule has 0 saturated heterocycles. The van der Waals surface area contributed by atoms with Crippen LogP contribution in [0.4, 0.5) is 30.7 Å². The first-order valence-electron chi connectivity index (χ1n) is 6.44. The van der Waals surface area contributed by atoms with Gasteiger partial charge in [-0.25, -0.2) is 0 Å². The number of aliphatic hydroxyl groups is 1. The van der Waals surface area contributed by atoms with E-state index in [1.807, 2.05) is 0 Å². The Balaban J connectivity index is 2.80. The van der Waals surface area contributed by atoms with Crippen LogP contribution in [0.3, 0.4) is 0 Å². The minimum Gasteiger partial charge on any atom is -0.389 e. The zero-order chi connectivity index (χ0) is 17.6. The summed E-state index contributed by atoms with van der Waals surface area (Å²) in [7, 11) is 0. The highest BCUT2D eigenvalue weighted by molar-refractivity contribution is 5.87. The van der Waals surface area contributed by atoms with Crippen LogP contribution in [-0.4, -0.2) is 17.2 Å². The Morgan fingerprint density at radius 2 is 1.43 bits per heavy atom. The van der Waals surface area contributed by atoms with Crippen molar-refractivity contribution in [1.29, 1.82) is 0 Å². The van der Waals surface area contributed by atoms with Crippen molar-refractivity contribution >= 4 is 10.8 Å². The standard InChI is InChI=1S/C15H11F7O/c1-8(23)12-10-5-3-2-4-9(10)6-7-11(12)13(16,17)14(18,19)15(20,21)22/h2-8,23H,1H3. The second kappa shape index (κ2) is 5.36. The SMILES string of the molecule is CC(O)c1c(C(F)(F)C(F)(F)C(F)(F)F)ccc2ccccc12. The molecular formula is C15H11F7O. The molecule has 0 amide bonds. The number of hydrogen-bond donors (Lipinski definition) is 1. The van der Waals surface area contributed by atoms with Gasteiger partial charge in [0.25, 0.3) is 0 Å². The Labute approximate surface area is 126 Å². The van der Waals surface area contributed by atoms with Gasteiger partial charge >= 0.3 is 18.0 Å². The van der Waals surface area contributed by atoms with E-state index in [0.29, 0.717) is 11.5 Å². The van der Waals surface area contributed by atoms with E-state index in [1.54, 1.807) is 0 Å². The molecule has 1 atom stereocenters. The number of hydrogen-bond acceptors (Lipinski definition) is 1. The summed E-state index contributed by atoms with van der Waals surface area (Å²) in [5.41, 5.74) is -2.20. The second-order valence-electron chi connectivity index (χ2n) is 5.07. The summed E-state index contributed by atoms with van der Waals surface area (Å²) in [6, 6.07) is 7.17. The maximum absolute atomic E-state index is 14.0. The Morgan fingerprint density at radius 1 is 0.870 bits per heavy atom. The van der Waals surface area contributed by atoms with Crippen molar-refractivity contribution in [2.75, 3.05) is 0 Å². The highest BCUT2D eigenvalue weighted by Gasteiger charge is 2.73. The summed E-state index contributed by atoms with van der Waals surface area (Å²) in [4.78, 5) is 0. The van der Waals surface area contributed by atoms with Crippen molar-refractivity contribution in [3.8, 4) is 0 Å². The molecule has 23 heavy (non-hydrogen) atoms. The molecule has 1 N–H and O–H groups in total. The molecule has 0 radical (unpaired) electrons. The fraction of sp³-hybridized carbons (Fsp3) is 0.333. The van der Waals surface area contributed by atoms with Crippen LogP contribution in [0.2, 0.25) is 0 Å². The lowest BCUT2D eigenvalue weighted by Crippen LogP contribution is -2.50. The predicted octanol–water partition coefficient (Wildman–Crippen LogP) is 5.18. The highest BCUT2D eigenvalue weighted by Crippen LogP contribution is 2.53. The first-order valence-corrected chi connectivity index (χ1v) is 6.44. The van der Waals surface area contributed by atoms with Gasteiger partial charge in [-0.2, -0.15) is 30.7 Å². The number of alkyl halides is 7. The number of rotatable bonds is 3. The van der Waals surface area contributed by atoms with Gasteiger partial charge in [0.15, 0.2) is 0 Å². The van der Waals surface area contributed by atoms with E-state index >= 15 is 0 Å². The number of aliphatic hydroxyl groups excluding tert-OH is 1. The average Bonchev–Trinajstić information content (AvgIpc) is 2.44. The van der Waals surface area contributed by atoms with Gasteiger partial charge in [-0.3, -0.25) is 0 Å². The summed E-state index contributed by atoms with van der Waals surface area (Å²) >= 11 is 0. The third-order valence-electron chi connectivity index (χ3n) is 3.48. The van der Waals surface area contributed by atoms with Crippen molar-refractivity contribution in [2.24, 2.45) is 0 Å². The number of halogens is 7. The first-order chi connectivity index (χ1) is 10.4. The molecule has 1 nitrogen and oxygen atoms in total. The largest absolute Gasteiger partial charge is 0.460 e. The van der Waals surface area contributed by atoms with E-state index < -0.39 is 35.3 Å². The van der Waals surface area contributed by atoms with Crippen molar-refractivity contribution in [3.05, 3.63) is 47.5 Å². The van der Waals surface area contributed by atoms with Crippen molar-refractivity contribution in [2.45, 2.75) is 31.0 Å². The molecule has 0 fully saturated rings. The molecule has 0 heterocycles. The first kappa shape index (κ1) is 17.5. The van der Waals surface area contributed by atoms with E-state index in [4.69, 9.17) is 0 Å². The molecular weight excluding hydrogens is 329 g/mol. The highest BCUT2D eigenvalue weighted by atomic mass is 19.4. The lowest BCUT2D eigenvalue weighted by molar-refractivity contribution is -0.359. The lowest BCUT2D eigenvalue weighted by Gasteiger charge is -2.30. The van der Waals surface area contributed by atoms with Gasteiger partial charge in [-0.05, 0) is 23.3 Å². The predicted molar refractivity (Wildman–Crippen MR) is 69.5 cm³/mol. The van der Waals surface area contributed by atoms with Crippen molar-refractivity contribution < 1.29 is 35.8 Å². The normalized spacial score (nSPS) is 15.0. The molecule has 0 bridgehead atoms. The van der Waals surface area contributed by atoms with Crippen LogP contribution in [0, 0.1) is 0 Å². The monoisotopic (exact) mass is 340 g/mol. The van der Waals surface area contributed by atoms with Crippen LogP contribution in [0.5, 0.6) is 0 Å². The smallest absolute Gasteiger partial charge is 0.389 e. The zero-order valence-electron chi connectivity index (χ0n) is 11.6. The maximum atomic E-state index is 14.0. The minimum atomic E-state index is -6.43. The molecule has 126 valence electrons. The quantitative estimate of drug-likeness (QED) is 0.763. The topological polar surface area (TPSA) is 20.2 Å². The van der Waals surface area contributed by atoms with Gasteiger partial charge in [0.2, 0.25) is 0 Å². The van der Waals surface area contributed by atoms with Crippen LogP contribution in [0.25, 0.3) is 10.8 Å². The van der Waals surface area contributed by atoms with Gasteiger partial charge in [-0.1, -0.05) is 36.4 Å². The summed E-state index contributed by atoms with van der Waals surface area (Å²) in [6.07, 6.45) is -8.09. The van der Waals surface area contributed by atoms with Crippen molar-refractivity contribution in [1.82, 2.24) is 0 Å². The van der Waals surface area contributed by atoms with Gasteiger partial charge in [0.1, 0.15) is 0 Å². The van der Waals surface area contributed by atoms with Gasteiger partial charge in [-0.15, -0.1) is 0 Å². The van der Waals surface area contributed by atoms with Gasteiger partial charge < -0.3 is 5.11 Å². The van der Waals surface area contributed by atoms with Gasteiger partial charge in [0, 0.05) is 5.56 Å². The summed E-state index contributed by atoms with van der Waals surface area (Å²) in [5, 5.41) is 9.99. The summed E-state index contributed by atoms with van der Waals surface area (Å²) in [6.45, 7) is 1.02. The van der Waals surface area contributed by atoms with E-state index in [9.17, 15) is 35.8 Å². The molecule has 2 aromatic rings. The third kappa shape index (κ3) is 2.65. The molecule has 0 saturated carbocycles. The molecule has 2 aromatic carbocycles. The number of fused-ring (bicyclic) bond motifs is 1. The van der Waals surface area contributed by atoms with E-state index in [2.05, 4.69) is 0 Å². The molecule has 8 heteroatoms. The molecule has 0 aromatic heterocycles. The maximum Gasteiger partial charge on any atom is 0.460 e. The Morgan fingerprint density at radius 3 is 1.96 bits per heavy atom. The average molecular weight is 340 g/mol. The Hall–Kier alpha value is -1.83. The van der Waals surface area contributed by atoms with Gasteiger partial charge in [0.05, 0.1) is 6.10 Å². The van der Waals surface area contributed by atoms with Crippen LogP contribution in [0.1, 0.15) is 24.2 Å². The molecule has 0 aliphatic heterocycles. The third-order valence-corrected chi connectivity index (χ3v) is 3.48. The minimum absolute atomic E-state index is 0.0161. The van der Waals surface area contributed by atoms with Crippen LogP contribution in [0.15, 0.2) is 36.4 Å². The molecule has 0 aliphatic carbocycles. The van der Waals surface area contributed by atoms with E-state index in [-0.39, 0.29) is 5.39 Å². The molecule has 0 aliphatic rings. The van der Waals surface area contributed by atoms with Crippen LogP contribution in [-0.2, 0) is 5.92 Å². The molecule has 0 spiro atoms. The lowest BCUT2D eigenvalue weighted by atomic mass is 9.89. The summed E-state index contributed by atoms with van der Waals surface area (Å²) < 4.78 is 91.7.